The van der Waals surface area contributed by atoms with Crippen molar-refractivity contribution in [3.63, 3.8) is 0 Å². The Morgan fingerprint density at radius 3 is 0.895 bits per heavy atom. The van der Waals surface area contributed by atoms with E-state index in [1.807, 2.05) is 48.5 Å². The molecule has 0 saturated heterocycles. The monoisotopic (exact) mass is 1000 g/mol. The van der Waals surface area contributed by atoms with E-state index in [-0.39, 0.29) is 11.5 Å². The Morgan fingerprint density at radius 1 is 0.316 bits per heavy atom. The molecule has 0 saturated carbocycles. The van der Waals surface area contributed by atoms with Crippen LogP contribution in [0.5, 0.6) is 23.0 Å². The van der Waals surface area contributed by atoms with Crippen molar-refractivity contribution >= 4 is 21.5 Å². The molecule has 2 heterocycles. The van der Waals surface area contributed by atoms with Gasteiger partial charge in [-0.2, -0.15) is 0 Å². The fourth-order valence-corrected chi connectivity index (χ4v) is 10.3. The van der Waals surface area contributed by atoms with Crippen LogP contribution in [0.25, 0.3) is 89.9 Å². The van der Waals surface area contributed by atoms with Crippen molar-refractivity contribution in [1.82, 2.24) is 29.9 Å². The van der Waals surface area contributed by atoms with Gasteiger partial charge in [-0.05, 0) is 90.5 Å². The topological polar surface area (TPSA) is 136 Å². The van der Waals surface area contributed by atoms with Crippen molar-refractivity contribution in [2.24, 2.45) is 0 Å². The van der Waals surface area contributed by atoms with Crippen LogP contribution in [0.15, 0.2) is 133 Å². The van der Waals surface area contributed by atoms with Crippen LogP contribution in [0, 0.1) is 55.4 Å². The van der Waals surface area contributed by atoms with E-state index in [9.17, 15) is 10.2 Å². The second-order valence-corrected chi connectivity index (χ2v) is 20.3. The van der Waals surface area contributed by atoms with Crippen molar-refractivity contribution in [2.75, 3.05) is 13.2 Å². The maximum absolute atomic E-state index is 11.3. The van der Waals surface area contributed by atoms with Gasteiger partial charge in [0.2, 0.25) is 0 Å². The highest BCUT2D eigenvalue weighted by Gasteiger charge is 2.24. The minimum absolute atomic E-state index is 0.137. The molecule has 76 heavy (non-hydrogen) atoms. The first-order valence-electron chi connectivity index (χ1n) is 26.4. The number of phenolic OH excluding ortho intramolecular Hbond substituents is 2. The lowest BCUT2D eigenvalue weighted by Crippen LogP contribution is -2.05. The molecule has 10 heteroatoms. The van der Waals surface area contributed by atoms with Crippen molar-refractivity contribution < 1.29 is 19.7 Å². The van der Waals surface area contributed by atoms with E-state index in [2.05, 4.69) is 128 Å². The summed E-state index contributed by atoms with van der Waals surface area (Å²) in [6, 6.07) is 44.2. The molecule has 10 aromatic rings. The quantitative estimate of drug-likeness (QED) is 0.0849. The van der Waals surface area contributed by atoms with Crippen molar-refractivity contribution in [2.45, 2.75) is 93.9 Å². The van der Waals surface area contributed by atoms with Gasteiger partial charge in [0.25, 0.3) is 0 Å². The minimum Gasteiger partial charge on any atom is -0.507 e. The number of hydrogen-bond donors (Lipinski definition) is 2. The third kappa shape index (κ3) is 10.8. The SMILES string of the molecule is Cc1ccc(-c2nc(-c3ccc(C)cc3C)nc(-c3c(OCCCCCCCCOc4cc(O)c5ccccc5c4-c4nc(-c5ccc(C)cc5C)nc(-c5ccc(C)cc5C)n4)cc(O)c4ccccc34)n2)c(C)c1. The Labute approximate surface area is 445 Å². The molecule has 2 aromatic heterocycles. The lowest BCUT2D eigenvalue weighted by molar-refractivity contribution is 0.297. The van der Waals surface area contributed by atoms with Gasteiger partial charge in [-0.3, -0.25) is 0 Å². The van der Waals surface area contributed by atoms with E-state index in [0.717, 1.165) is 127 Å². The van der Waals surface area contributed by atoms with Crippen LogP contribution in [0.3, 0.4) is 0 Å². The molecule has 0 aliphatic rings. The Hall–Kier alpha value is -8.50. The van der Waals surface area contributed by atoms with Crippen LogP contribution < -0.4 is 9.47 Å². The number of hydrogen-bond acceptors (Lipinski definition) is 10. The van der Waals surface area contributed by atoms with Gasteiger partial charge in [-0.1, -0.05) is 169 Å². The molecule has 0 aliphatic carbocycles. The molecule has 0 spiro atoms. The molecule has 10 rings (SSSR count). The first-order valence-corrected chi connectivity index (χ1v) is 26.4. The zero-order valence-electron chi connectivity index (χ0n) is 44.8. The van der Waals surface area contributed by atoms with Crippen LogP contribution in [0.1, 0.15) is 83.0 Å². The first kappa shape index (κ1) is 51.0. The summed E-state index contributed by atoms with van der Waals surface area (Å²) in [5, 5.41) is 25.7. The summed E-state index contributed by atoms with van der Waals surface area (Å²) >= 11 is 0. The molecular weight excluding hydrogens is 941 g/mol. The van der Waals surface area contributed by atoms with E-state index >= 15 is 0 Å². The third-order valence-electron chi connectivity index (χ3n) is 14.2. The minimum atomic E-state index is 0.137. The van der Waals surface area contributed by atoms with E-state index in [4.69, 9.17) is 39.4 Å². The molecular formula is C66H64N6O4. The van der Waals surface area contributed by atoms with Crippen LogP contribution in [-0.4, -0.2) is 53.3 Å². The normalized spacial score (nSPS) is 11.4. The van der Waals surface area contributed by atoms with Crippen molar-refractivity contribution in [1.29, 1.82) is 0 Å². The number of nitrogens with zero attached hydrogens (tertiary/aromatic N) is 6. The molecule has 10 nitrogen and oxygen atoms in total. The van der Waals surface area contributed by atoms with Crippen molar-refractivity contribution in [3.8, 4) is 91.3 Å². The third-order valence-corrected chi connectivity index (χ3v) is 14.2. The maximum atomic E-state index is 11.3. The van der Waals surface area contributed by atoms with Gasteiger partial charge in [0.05, 0.1) is 24.3 Å². The summed E-state index contributed by atoms with van der Waals surface area (Å²) in [4.78, 5) is 30.8. The summed E-state index contributed by atoms with van der Waals surface area (Å²) in [5.41, 5.74) is 14.1. The van der Waals surface area contributed by atoms with Gasteiger partial charge in [-0.25, -0.2) is 29.9 Å². The number of aromatic nitrogens is 6. The van der Waals surface area contributed by atoms with E-state index in [1.165, 1.54) is 0 Å². The Balaban J connectivity index is 0.842. The zero-order valence-corrected chi connectivity index (χ0v) is 44.8. The molecule has 0 fully saturated rings. The number of aromatic hydroxyl groups is 2. The highest BCUT2D eigenvalue weighted by Crippen LogP contribution is 2.44. The van der Waals surface area contributed by atoms with Gasteiger partial charge < -0.3 is 19.7 Å². The molecule has 0 radical (unpaired) electrons. The Kier molecular flexibility index (Phi) is 14.9. The van der Waals surface area contributed by atoms with Gasteiger partial charge in [0.15, 0.2) is 34.9 Å². The number of benzene rings is 8. The smallest absolute Gasteiger partial charge is 0.168 e. The van der Waals surface area contributed by atoms with E-state index in [1.54, 1.807) is 12.1 Å². The fourth-order valence-electron chi connectivity index (χ4n) is 10.3. The van der Waals surface area contributed by atoms with Crippen LogP contribution >= 0.6 is 0 Å². The molecule has 0 bridgehead atoms. The molecule has 382 valence electrons. The summed E-state index contributed by atoms with van der Waals surface area (Å²) in [6.07, 6.45) is 5.59. The molecule has 0 aliphatic heterocycles. The number of phenols is 2. The van der Waals surface area contributed by atoms with Gasteiger partial charge in [0.1, 0.15) is 23.0 Å². The number of aryl methyl sites for hydroxylation is 8. The van der Waals surface area contributed by atoms with Crippen molar-refractivity contribution in [3.05, 3.63) is 178 Å². The van der Waals surface area contributed by atoms with Crippen LogP contribution in [-0.2, 0) is 0 Å². The summed E-state index contributed by atoms with van der Waals surface area (Å²) in [6.45, 7) is 17.6. The van der Waals surface area contributed by atoms with Gasteiger partial charge in [-0.15, -0.1) is 0 Å². The average molecular weight is 1010 g/mol. The van der Waals surface area contributed by atoms with E-state index < -0.39 is 0 Å². The first-order chi connectivity index (χ1) is 36.8. The average Bonchev–Trinajstić information content (AvgIpc) is 3.40. The molecule has 0 amide bonds. The van der Waals surface area contributed by atoms with Gasteiger partial charge in [0, 0.05) is 55.9 Å². The largest absolute Gasteiger partial charge is 0.507 e. The predicted molar refractivity (Wildman–Crippen MR) is 307 cm³/mol. The molecule has 8 aromatic carbocycles. The molecule has 0 atom stereocenters. The maximum Gasteiger partial charge on any atom is 0.168 e. The highest BCUT2D eigenvalue weighted by atomic mass is 16.5. The predicted octanol–water partition coefficient (Wildman–Crippen LogP) is 16.0. The second-order valence-electron chi connectivity index (χ2n) is 20.3. The van der Waals surface area contributed by atoms with Crippen LogP contribution in [0.4, 0.5) is 0 Å². The molecule has 2 N–H and O–H groups in total. The molecule has 0 unspecified atom stereocenters. The number of unbranched alkanes of at least 4 members (excludes halogenated alkanes) is 5. The number of ether oxygens (including phenoxy) is 2. The van der Waals surface area contributed by atoms with E-state index in [0.29, 0.717) is 70.4 Å². The second kappa shape index (κ2) is 22.1. The summed E-state index contributed by atoms with van der Waals surface area (Å²) < 4.78 is 13.2. The lowest BCUT2D eigenvalue weighted by atomic mass is 10.0. The number of rotatable bonds is 17. The number of fused-ring (bicyclic) bond motifs is 2. The standard InChI is InChI=1S/C66H64N6O4/c1-39-23-27-47(43(5)33-39)61-67-62(48-28-24-40(2)34-44(48)6)70-65(69-61)59-53-21-15-13-19-51(53)55(73)37-57(59)75-31-17-11-9-10-12-18-32-76-58-38-56(74)52-20-14-16-22-54(52)60(58)66-71-63(49-29-25-41(3)35-45(49)7)68-64(72-66)50-30-26-42(4)36-46(50)8/h13-16,19-30,33-38,73-74H,9-12,17-18,31-32H2,1-8H3. The Bertz CT molecular complexity index is 3430. The van der Waals surface area contributed by atoms with Crippen LogP contribution in [0.2, 0.25) is 0 Å². The zero-order chi connectivity index (χ0) is 53.0. The Morgan fingerprint density at radius 2 is 0.592 bits per heavy atom. The van der Waals surface area contributed by atoms with Gasteiger partial charge >= 0.3 is 0 Å². The summed E-state index contributed by atoms with van der Waals surface area (Å²) in [7, 11) is 0. The highest BCUT2D eigenvalue weighted by molar-refractivity contribution is 6.03. The summed E-state index contributed by atoms with van der Waals surface area (Å²) in [5.74, 6) is 4.60. The lowest BCUT2D eigenvalue weighted by Gasteiger charge is -2.17. The fraction of sp³-hybridized carbons (Fsp3) is 0.242.